The standard InChI is InChI=1S/C21H25BrN4O.HI/c1-23-19(27)16-7-5-6-15(12-16)13-25-20(24-2)26-14-21(10-11-21)17-8-3-4-9-18(17)22;/h3-9,12H,10-11,13-14H2,1-2H3,(H,23,27)(H2,24,25,26);1H. The third kappa shape index (κ3) is 5.47. The van der Waals surface area contributed by atoms with Gasteiger partial charge in [-0.15, -0.1) is 24.0 Å². The SMILES string of the molecule is CN=C(NCc1cccc(C(=O)NC)c1)NCC1(c2ccccc2Br)CC1.I. The minimum atomic E-state index is -0.0801. The van der Waals surface area contributed by atoms with Crippen molar-refractivity contribution in [2.45, 2.75) is 24.8 Å². The predicted octanol–water partition coefficient (Wildman–Crippen LogP) is 3.82. The maximum Gasteiger partial charge on any atom is 0.251 e. The number of guanidine groups is 1. The second-order valence-electron chi connectivity index (χ2n) is 6.82. The molecule has 1 fully saturated rings. The number of hydrogen-bond acceptors (Lipinski definition) is 2. The van der Waals surface area contributed by atoms with Crippen molar-refractivity contribution in [3.63, 3.8) is 0 Å². The summed E-state index contributed by atoms with van der Waals surface area (Å²) in [5.41, 5.74) is 3.22. The van der Waals surface area contributed by atoms with Gasteiger partial charge in [-0.25, -0.2) is 0 Å². The molecule has 1 aliphatic rings. The van der Waals surface area contributed by atoms with E-state index in [4.69, 9.17) is 0 Å². The number of amides is 1. The van der Waals surface area contributed by atoms with Crippen molar-refractivity contribution in [2.24, 2.45) is 4.99 Å². The molecule has 0 bridgehead atoms. The topological polar surface area (TPSA) is 65.5 Å². The number of carbonyl (C=O) groups excluding carboxylic acids is 1. The number of nitrogens with one attached hydrogen (secondary N) is 3. The Kier molecular flexibility index (Phi) is 8.30. The van der Waals surface area contributed by atoms with Gasteiger partial charge in [0.05, 0.1) is 0 Å². The summed E-state index contributed by atoms with van der Waals surface area (Å²) in [6.45, 7) is 1.44. The van der Waals surface area contributed by atoms with Gasteiger partial charge in [0.15, 0.2) is 5.96 Å². The first-order chi connectivity index (χ1) is 13.1. The number of benzene rings is 2. The summed E-state index contributed by atoms with van der Waals surface area (Å²) in [6.07, 6.45) is 2.35. The molecule has 2 aromatic carbocycles. The Bertz CT molecular complexity index is 852. The van der Waals surface area contributed by atoms with E-state index in [-0.39, 0.29) is 35.3 Å². The van der Waals surface area contributed by atoms with Gasteiger partial charge in [-0.1, -0.05) is 46.3 Å². The van der Waals surface area contributed by atoms with Crippen molar-refractivity contribution in [1.29, 1.82) is 0 Å². The molecule has 150 valence electrons. The molecule has 0 atom stereocenters. The van der Waals surface area contributed by atoms with Crippen LogP contribution < -0.4 is 16.0 Å². The highest BCUT2D eigenvalue weighted by Gasteiger charge is 2.45. The fourth-order valence-corrected chi connectivity index (χ4v) is 3.92. The number of aliphatic imine (C=N–C) groups is 1. The molecular weight excluding hydrogens is 531 g/mol. The van der Waals surface area contributed by atoms with E-state index in [1.54, 1.807) is 14.1 Å². The van der Waals surface area contributed by atoms with Crippen LogP contribution in [-0.2, 0) is 12.0 Å². The van der Waals surface area contributed by atoms with Crippen molar-refractivity contribution in [1.82, 2.24) is 16.0 Å². The fraction of sp³-hybridized carbons (Fsp3) is 0.333. The number of rotatable bonds is 6. The number of hydrogen-bond donors (Lipinski definition) is 3. The van der Waals surface area contributed by atoms with Crippen molar-refractivity contribution in [3.8, 4) is 0 Å². The lowest BCUT2D eigenvalue weighted by Crippen LogP contribution is -2.41. The van der Waals surface area contributed by atoms with Crippen molar-refractivity contribution in [2.75, 3.05) is 20.6 Å². The van der Waals surface area contributed by atoms with Crippen LogP contribution in [0.15, 0.2) is 58.0 Å². The highest BCUT2D eigenvalue weighted by Crippen LogP contribution is 2.49. The molecule has 0 spiro atoms. The molecule has 0 aliphatic heterocycles. The summed E-state index contributed by atoms with van der Waals surface area (Å²) in [5, 5.41) is 9.44. The van der Waals surface area contributed by atoms with Crippen LogP contribution >= 0.6 is 39.9 Å². The van der Waals surface area contributed by atoms with Crippen LogP contribution in [0.25, 0.3) is 0 Å². The fourth-order valence-electron chi connectivity index (χ4n) is 3.21. The monoisotopic (exact) mass is 556 g/mol. The average molecular weight is 557 g/mol. The third-order valence-corrected chi connectivity index (χ3v) is 5.68. The quantitative estimate of drug-likeness (QED) is 0.288. The van der Waals surface area contributed by atoms with E-state index in [1.165, 1.54) is 22.9 Å². The van der Waals surface area contributed by atoms with Gasteiger partial charge >= 0.3 is 0 Å². The number of carbonyl (C=O) groups is 1. The summed E-state index contributed by atoms with van der Waals surface area (Å²) in [7, 11) is 3.41. The molecule has 0 aromatic heterocycles. The van der Waals surface area contributed by atoms with Gasteiger partial charge in [-0.2, -0.15) is 0 Å². The summed E-state index contributed by atoms with van der Waals surface area (Å²) >= 11 is 3.68. The average Bonchev–Trinajstić information content (AvgIpc) is 3.49. The van der Waals surface area contributed by atoms with E-state index in [0.29, 0.717) is 12.1 Å². The minimum absolute atomic E-state index is 0. The lowest BCUT2D eigenvalue weighted by molar-refractivity contribution is 0.0963. The van der Waals surface area contributed by atoms with Gasteiger partial charge in [0.25, 0.3) is 5.91 Å². The van der Waals surface area contributed by atoms with E-state index in [9.17, 15) is 4.79 Å². The van der Waals surface area contributed by atoms with Crippen LogP contribution in [0.3, 0.4) is 0 Å². The Hall–Kier alpha value is -1.61. The Morgan fingerprint density at radius 2 is 1.89 bits per heavy atom. The van der Waals surface area contributed by atoms with E-state index < -0.39 is 0 Å². The molecule has 2 aromatic rings. The molecule has 1 amide bonds. The zero-order valence-corrected chi connectivity index (χ0v) is 20.0. The summed E-state index contributed by atoms with van der Waals surface area (Å²) < 4.78 is 1.17. The Morgan fingerprint density at radius 1 is 1.14 bits per heavy atom. The second-order valence-corrected chi connectivity index (χ2v) is 7.67. The number of nitrogens with zero attached hydrogens (tertiary/aromatic N) is 1. The Morgan fingerprint density at radius 3 is 2.54 bits per heavy atom. The second kappa shape index (κ2) is 10.2. The lowest BCUT2D eigenvalue weighted by atomic mass is 9.96. The van der Waals surface area contributed by atoms with E-state index in [0.717, 1.165) is 18.1 Å². The molecule has 0 unspecified atom stereocenters. The molecule has 5 nitrogen and oxygen atoms in total. The predicted molar refractivity (Wildman–Crippen MR) is 129 cm³/mol. The van der Waals surface area contributed by atoms with Gasteiger partial charge < -0.3 is 16.0 Å². The molecular formula is C21H26BrIN4O. The summed E-state index contributed by atoms with van der Waals surface area (Å²) in [6, 6.07) is 16.0. The highest BCUT2D eigenvalue weighted by atomic mass is 127. The highest BCUT2D eigenvalue weighted by molar-refractivity contribution is 14.0. The molecule has 3 N–H and O–H groups in total. The van der Waals surface area contributed by atoms with Gasteiger partial charge in [-0.05, 0) is 42.2 Å². The van der Waals surface area contributed by atoms with Crippen LogP contribution in [0.2, 0.25) is 0 Å². The van der Waals surface area contributed by atoms with Crippen LogP contribution in [0.1, 0.15) is 34.3 Å². The molecule has 1 saturated carbocycles. The summed E-state index contributed by atoms with van der Waals surface area (Å²) in [5.74, 6) is 0.683. The first kappa shape index (κ1) is 22.7. The van der Waals surface area contributed by atoms with Crippen molar-refractivity contribution >= 4 is 51.8 Å². The Balaban J connectivity index is 0.00000280. The van der Waals surface area contributed by atoms with Crippen LogP contribution in [0.5, 0.6) is 0 Å². The van der Waals surface area contributed by atoms with Crippen molar-refractivity contribution in [3.05, 3.63) is 69.7 Å². The molecule has 0 radical (unpaired) electrons. The molecule has 3 rings (SSSR count). The van der Waals surface area contributed by atoms with E-state index in [2.05, 4.69) is 55.1 Å². The molecule has 28 heavy (non-hydrogen) atoms. The van der Waals surface area contributed by atoms with Crippen LogP contribution in [0.4, 0.5) is 0 Å². The largest absolute Gasteiger partial charge is 0.356 e. The maximum absolute atomic E-state index is 11.8. The maximum atomic E-state index is 11.8. The van der Waals surface area contributed by atoms with Crippen molar-refractivity contribution < 1.29 is 4.79 Å². The molecule has 0 saturated heterocycles. The van der Waals surface area contributed by atoms with Gasteiger partial charge in [0.2, 0.25) is 0 Å². The molecule has 7 heteroatoms. The normalized spacial score (nSPS) is 14.6. The third-order valence-electron chi connectivity index (χ3n) is 4.99. The van der Waals surface area contributed by atoms with Crippen LogP contribution in [0, 0.1) is 0 Å². The Labute approximate surface area is 191 Å². The smallest absolute Gasteiger partial charge is 0.251 e. The first-order valence-corrected chi connectivity index (χ1v) is 9.88. The lowest BCUT2D eigenvalue weighted by Gasteiger charge is -2.20. The number of halogens is 2. The minimum Gasteiger partial charge on any atom is -0.356 e. The molecule has 1 aliphatic carbocycles. The zero-order chi connectivity index (χ0) is 19.3. The zero-order valence-electron chi connectivity index (χ0n) is 16.1. The van der Waals surface area contributed by atoms with E-state index >= 15 is 0 Å². The van der Waals surface area contributed by atoms with Gasteiger partial charge in [0.1, 0.15) is 0 Å². The first-order valence-electron chi connectivity index (χ1n) is 9.08. The van der Waals surface area contributed by atoms with E-state index in [1.807, 2.05) is 30.3 Å². The summed E-state index contributed by atoms with van der Waals surface area (Å²) in [4.78, 5) is 16.1. The van der Waals surface area contributed by atoms with Gasteiger partial charge in [-0.3, -0.25) is 9.79 Å². The molecule has 0 heterocycles. The van der Waals surface area contributed by atoms with Gasteiger partial charge in [0, 0.05) is 42.6 Å². The van der Waals surface area contributed by atoms with Crippen LogP contribution in [-0.4, -0.2) is 32.5 Å².